The maximum Gasteiger partial charge on any atom is 0.319 e. The molecule has 2 aromatic rings. The number of amides is 2. The van der Waals surface area contributed by atoms with Gasteiger partial charge >= 0.3 is 6.03 Å². The van der Waals surface area contributed by atoms with Crippen molar-refractivity contribution in [2.75, 3.05) is 18.5 Å². The number of ether oxygens (including phenoxy) is 1. The summed E-state index contributed by atoms with van der Waals surface area (Å²) in [6.07, 6.45) is 0. The smallest absolute Gasteiger partial charge is 0.319 e. The second-order valence-electron chi connectivity index (χ2n) is 4.51. The Kier molecular flexibility index (Phi) is 5.46. The highest BCUT2D eigenvalue weighted by Gasteiger charge is 2.02. The summed E-state index contributed by atoms with van der Waals surface area (Å²) >= 11 is 5.88. The first kappa shape index (κ1) is 15.2. The summed E-state index contributed by atoms with van der Waals surface area (Å²) < 4.78 is 5.59. The normalized spacial score (nSPS) is 10.0. The fourth-order valence-electron chi connectivity index (χ4n) is 1.80. The average Bonchev–Trinajstić information content (AvgIpc) is 2.46. The molecule has 110 valence electrons. The number of para-hydroxylation sites is 1. The van der Waals surface area contributed by atoms with Crippen molar-refractivity contribution in [1.82, 2.24) is 5.32 Å². The topological polar surface area (TPSA) is 50.4 Å². The summed E-state index contributed by atoms with van der Waals surface area (Å²) in [5.74, 6) is 0.768. The highest BCUT2D eigenvalue weighted by molar-refractivity contribution is 6.30. The number of nitrogens with one attached hydrogen (secondary N) is 2. The van der Waals surface area contributed by atoms with E-state index in [-0.39, 0.29) is 6.03 Å². The Labute approximate surface area is 129 Å². The lowest BCUT2D eigenvalue weighted by Gasteiger charge is -2.10. The maximum atomic E-state index is 11.6. The van der Waals surface area contributed by atoms with Crippen LogP contribution in [0.1, 0.15) is 5.56 Å². The van der Waals surface area contributed by atoms with Crippen molar-refractivity contribution in [2.24, 2.45) is 0 Å². The predicted octanol–water partition coefficient (Wildman–Crippen LogP) is 3.85. The number of anilines is 1. The third-order valence-corrected chi connectivity index (χ3v) is 3.05. The van der Waals surface area contributed by atoms with Crippen molar-refractivity contribution < 1.29 is 9.53 Å². The van der Waals surface area contributed by atoms with Crippen LogP contribution >= 0.6 is 11.6 Å². The number of benzene rings is 2. The largest absolute Gasteiger partial charge is 0.491 e. The summed E-state index contributed by atoms with van der Waals surface area (Å²) in [5, 5.41) is 6.15. The summed E-state index contributed by atoms with van der Waals surface area (Å²) in [4.78, 5) is 11.6. The number of aryl methyl sites for hydroxylation is 1. The lowest BCUT2D eigenvalue weighted by molar-refractivity contribution is 0.247. The molecule has 5 heteroatoms. The van der Waals surface area contributed by atoms with Crippen LogP contribution in [0, 0.1) is 6.92 Å². The molecule has 2 N–H and O–H groups in total. The number of hydrogen-bond donors (Lipinski definition) is 2. The molecule has 4 nitrogen and oxygen atoms in total. The van der Waals surface area contributed by atoms with E-state index in [4.69, 9.17) is 16.3 Å². The first-order valence-corrected chi connectivity index (χ1v) is 7.02. The van der Waals surface area contributed by atoms with Crippen LogP contribution < -0.4 is 15.4 Å². The molecule has 0 aliphatic rings. The van der Waals surface area contributed by atoms with E-state index in [1.54, 1.807) is 6.07 Å². The molecule has 2 amide bonds. The highest BCUT2D eigenvalue weighted by Crippen LogP contribution is 2.21. The molecule has 0 saturated carbocycles. The van der Waals surface area contributed by atoms with Crippen molar-refractivity contribution in [1.29, 1.82) is 0 Å². The van der Waals surface area contributed by atoms with Gasteiger partial charge in [-0.1, -0.05) is 29.8 Å². The molecule has 0 radical (unpaired) electrons. The SMILES string of the molecule is Cc1cc(Cl)ccc1OCCNC(=O)Nc1ccccc1. The molecule has 21 heavy (non-hydrogen) atoms. The van der Waals surface area contributed by atoms with Crippen molar-refractivity contribution in [3.8, 4) is 5.75 Å². The second kappa shape index (κ2) is 7.55. The fraction of sp³-hybridized carbons (Fsp3) is 0.188. The fourth-order valence-corrected chi connectivity index (χ4v) is 2.02. The van der Waals surface area contributed by atoms with Gasteiger partial charge in [0.05, 0.1) is 6.54 Å². The van der Waals surface area contributed by atoms with Gasteiger partial charge in [0.15, 0.2) is 0 Å². The van der Waals surface area contributed by atoms with E-state index >= 15 is 0 Å². The Bertz CT molecular complexity index is 602. The molecular weight excluding hydrogens is 288 g/mol. The van der Waals surface area contributed by atoms with Gasteiger partial charge in [-0.25, -0.2) is 4.79 Å². The van der Waals surface area contributed by atoms with Crippen LogP contribution in [-0.4, -0.2) is 19.2 Å². The third-order valence-electron chi connectivity index (χ3n) is 2.81. The van der Waals surface area contributed by atoms with E-state index in [0.29, 0.717) is 18.2 Å². The van der Waals surface area contributed by atoms with E-state index in [1.807, 2.05) is 49.4 Å². The van der Waals surface area contributed by atoms with E-state index in [0.717, 1.165) is 17.0 Å². The average molecular weight is 305 g/mol. The Morgan fingerprint density at radius 3 is 2.67 bits per heavy atom. The summed E-state index contributed by atoms with van der Waals surface area (Å²) in [6, 6.07) is 14.5. The third kappa shape index (κ3) is 5.00. The highest BCUT2D eigenvalue weighted by atomic mass is 35.5. The lowest BCUT2D eigenvalue weighted by Crippen LogP contribution is -2.32. The second-order valence-corrected chi connectivity index (χ2v) is 4.94. The van der Waals surface area contributed by atoms with Crippen LogP contribution in [0.5, 0.6) is 5.75 Å². The van der Waals surface area contributed by atoms with Gasteiger partial charge in [-0.15, -0.1) is 0 Å². The first-order chi connectivity index (χ1) is 10.1. The standard InChI is InChI=1S/C16H17ClN2O2/c1-12-11-13(17)7-8-15(12)21-10-9-18-16(20)19-14-5-3-2-4-6-14/h2-8,11H,9-10H2,1H3,(H2,18,19,20). The zero-order valence-electron chi connectivity index (χ0n) is 11.7. The first-order valence-electron chi connectivity index (χ1n) is 6.64. The van der Waals surface area contributed by atoms with Gasteiger partial charge in [0.1, 0.15) is 12.4 Å². The molecule has 0 aromatic heterocycles. The number of hydrogen-bond acceptors (Lipinski definition) is 2. The van der Waals surface area contributed by atoms with Gasteiger partial charge in [-0.3, -0.25) is 0 Å². The zero-order valence-corrected chi connectivity index (χ0v) is 12.5. The molecule has 0 heterocycles. The monoisotopic (exact) mass is 304 g/mol. The Morgan fingerprint density at radius 1 is 1.19 bits per heavy atom. The molecule has 0 saturated heterocycles. The van der Waals surface area contributed by atoms with Crippen LogP contribution in [0.3, 0.4) is 0 Å². The molecule has 0 aliphatic heterocycles. The maximum absolute atomic E-state index is 11.6. The Hall–Kier alpha value is -2.20. The van der Waals surface area contributed by atoms with Crippen LogP contribution in [0.4, 0.5) is 10.5 Å². The summed E-state index contributed by atoms with van der Waals surface area (Å²) in [7, 11) is 0. The minimum absolute atomic E-state index is 0.252. The summed E-state index contributed by atoms with van der Waals surface area (Å²) in [6.45, 7) is 2.74. The Balaban J connectivity index is 1.71. The quantitative estimate of drug-likeness (QED) is 0.824. The lowest BCUT2D eigenvalue weighted by atomic mass is 10.2. The van der Waals surface area contributed by atoms with E-state index in [2.05, 4.69) is 10.6 Å². The molecule has 2 aromatic carbocycles. The number of carbonyl (C=O) groups excluding carboxylic acids is 1. The van der Waals surface area contributed by atoms with Crippen molar-refractivity contribution in [2.45, 2.75) is 6.92 Å². The molecular formula is C16H17ClN2O2. The Morgan fingerprint density at radius 2 is 1.95 bits per heavy atom. The van der Waals surface area contributed by atoms with Crippen LogP contribution in [0.25, 0.3) is 0 Å². The molecule has 0 spiro atoms. The molecule has 0 bridgehead atoms. The van der Waals surface area contributed by atoms with Gasteiger partial charge in [-0.05, 0) is 42.8 Å². The van der Waals surface area contributed by atoms with E-state index < -0.39 is 0 Å². The van der Waals surface area contributed by atoms with Crippen molar-refractivity contribution in [3.05, 3.63) is 59.1 Å². The molecule has 0 aliphatic carbocycles. The van der Waals surface area contributed by atoms with Gasteiger partial charge in [-0.2, -0.15) is 0 Å². The number of carbonyl (C=O) groups is 1. The van der Waals surface area contributed by atoms with Crippen LogP contribution in [0.15, 0.2) is 48.5 Å². The van der Waals surface area contributed by atoms with Crippen LogP contribution in [0.2, 0.25) is 5.02 Å². The van der Waals surface area contributed by atoms with E-state index in [9.17, 15) is 4.79 Å². The zero-order chi connectivity index (χ0) is 15.1. The van der Waals surface area contributed by atoms with Crippen molar-refractivity contribution in [3.63, 3.8) is 0 Å². The minimum atomic E-state index is -0.252. The van der Waals surface area contributed by atoms with Gasteiger partial charge in [0.25, 0.3) is 0 Å². The van der Waals surface area contributed by atoms with Gasteiger partial charge in [0, 0.05) is 10.7 Å². The molecule has 0 unspecified atom stereocenters. The number of halogens is 1. The molecule has 0 fully saturated rings. The number of urea groups is 1. The molecule has 2 rings (SSSR count). The van der Waals surface area contributed by atoms with Gasteiger partial charge < -0.3 is 15.4 Å². The van der Waals surface area contributed by atoms with Gasteiger partial charge in [0.2, 0.25) is 0 Å². The predicted molar refractivity (Wildman–Crippen MR) is 85.1 cm³/mol. The summed E-state index contributed by atoms with van der Waals surface area (Å²) in [5.41, 5.74) is 1.72. The molecule has 0 atom stereocenters. The van der Waals surface area contributed by atoms with E-state index in [1.165, 1.54) is 0 Å². The minimum Gasteiger partial charge on any atom is -0.491 e. The van der Waals surface area contributed by atoms with Crippen LogP contribution in [-0.2, 0) is 0 Å². The van der Waals surface area contributed by atoms with Crippen molar-refractivity contribution >= 4 is 23.3 Å². The number of rotatable bonds is 5.